The summed E-state index contributed by atoms with van der Waals surface area (Å²) in [5, 5.41) is 14.7. The van der Waals surface area contributed by atoms with Crippen molar-refractivity contribution < 1.29 is 27.7 Å². The van der Waals surface area contributed by atoms with Crippen molar-refractivity contribution in [1.29, 1.82) is 0 Å². The van der Waals surface area contributed by atoms with E-state index in [4.69, 9.17) is 27.9 Å². The minimum absolute atomic E-state index is 0.00687. The Labute approximate surface area is 231 Å². The van der Waals surface area contributed by atoms with Crippen molar-refractivity contribution >= 4 is 56.4 Å². The smallest absolute Gasteiger partial charge is 0.271 e. The summed E-state index contributed by atoms with van der Waals surface area (Å²) in [6.07, 6.45) is 1.52. The van der Waals surface area contributed by atoms with Crippen molar-refractivity contribution in [3.63, 3.8) is 0 Å². The molecule has 38 heavy (non-hydrogen) atoms. The number of benzene rings is 2. The number of carbonyl (C=O) groups is 2. The summed E-state index contributed by atoms with van der Waals surface area (Å²) in [5.74, 6) is -1.17. The molecule has 0 bridgehead atoms. The molecule has 2 aromatic carbocycles. The third-order valence-corrected chi connectivity index (χ3v) is 7.69. The predicted molar refractivity (Wildman–Crippen MR) is 146 cm³/mol. The quantitative estimate of drug-likeness (QED) is 0.292. The lowest BCUT2D eigenvalue weighted by molar-refractivity contribution is -0.384. The van der Waals surface area contributed by atoms with Gasteiger partial charge in [0.2, 0.25) is 21.8 Å². The summed E-state index contributed by atoms with van der Waals surface area (Å²) in [5.41, 5.74) is -0.0330. The second-order valence-electron chi connectivity index (χ2n) is 8.65. The van der Waals surface area contributed by atoms with Crippen LogP contribution in [0.15, 0.2) is 36.4 Å². The van der Waals surface area contributed by atoms with E-state index in [1.165, 1.54) is 25.0 Å². The molecule has 0 heterocycles. The van der Waals surface area contributed by atoms with E-state index in [0.29, 0.717) is 21.3 Å². The van der Waals surface area contributed by atoms with Gasteiger partial charge in [0.15, 0.2) is 0 Å². The fourth-order valence-electron chi connectivity index (χ4n) is 3.46. The Morgan fingerprint density at radius 1 is 1.13 bits per heavy atom. The Morgan fingerprint density at radius 2 is 1.79 bits per heavy atom. The summed E-state index contributed by atoms with van der Waals surface area (Å²) < 4.78 is 31.5. The van der Waals surface area contributed by atoms with Gasteiger partial charge in [0.25, 0.3) is 5.69 Å². The Balaban J connectivity index is 2.53. The molecular formula is C24H30Cl2N4O7S. The number of amides is 2. The maximum absolute atomic E-state index is 13.7. The second-order valence-corrected chi connectivity index (χ2v) is 11.4. The van der Waals surface area contributed by atoms with Gasteiger partial charge in [0.1, 0.15) is 24.0 Å². The minimum atomic E-state index is -4.13. The Bertz CT molecular complexity index is 1310. The molecule has 2 atom stereocenters. The van der Waals surface area contributed by atoms with Gasteiger partial charge in [0.05, 0.1) is 28.3 Å². The number of hydrogen-bond acceptors (Lipinski definition) is 7. The first-order chi connectivity index (χ1) is 17.7. The maximum atomic E-state index is 13.7. The highest BCUT2D eigenvalue weighted by Gasteiger charge is 2.32. The van der Waals surface area contributed by atoms with Crippen LogP contribution in [0.25, 0.3) is 0 Å². The minimum Gasteiger partial charge on any atom is -0.495 e. The van der Waals surface area contributed by atoms with E-state index >= 15 is 0 Å². The van der Waals surface area contributed by atoms with Gasteiger partial charge < -0.3 is 15.0 Å². The van der Waals surface area contributed by atoms with Gasteiger partial charge in [-0.2, -0.15) is 0 Å². The number of ether oxygens (including phenoxy) is 1. The lowest BCUT2D eigenvalue weighted by atomic mass is 10.1. The number of rotatable bonds is 12. The van der Waals surface area contributed by atoms with Gasteiger partial charge in [0, 0.05) is 24.7 Å². The average molecular weight is 589 g/mol. The number of methoxy groups -OCH3 is 1. The van der Waals surface area contributed by atoms with Gasteiger partial charge >= 0.3 is 0 Å². The fourth-order valence-corrected chi connectivity index (χ4v) is 4.63. The monoisotopic (exact) mass is 588 g/mol. The molecule has 0 aliphatic carbocycles. The molecule has 14 heteroatoms. The molecule has 11 nitrogen and oxygen atoms in total. The van der Waals surface area contributed by atoms with Gasteiger partial charge in [-0.15, -0.1) is 0 Å². The number of sulfonamides is 1. The van der Waals surface area contributed by atoms with E-state index in [0.717, 1.165) is 18.4 Å². The largest absolute Gasteiger partial charge is 0.495 e. The zero-order valence-electron chi connectivity index (χ0n) is 21.6. The first-order valence-corrected chi connectivity index (χ1v) is 14.1. The van der Waals surface area contributed by atoms with Gasteiger partial charge in [-0.05, 0) is 44.0 Å². The van der Waals surface area contributed by atoms with Crippen LogP contribution in [-0.2, 0) is 26.2 Å². The van der Waals surface area contributed by atoms with Crippen molar-refractivity contribution in [3.05, 3.63) is 62.1 Å². The van der Waals surface area contributed by atoms with Crippen LogP contribution in [0.5, 0.6) is 5.75 Å². The number of nitro benzene ring substituents is 1. The van der Waals surface area contributed by atoms with Crippen molar-refractivity contribution in [3.8, 4) is 5.75 Å². The van der Waals surface area contributed by atoms with Crippen LogP contribution in [-0.4, -0.2) is 62.0 Å². The van der Waals surface area contributed by atoms with E-state index in [1.807, 2.05) is 13.8 Å². The van der Waals surface area contributed by atoms with Crippen LogP contribution in [0, 0.1) is 10.1 Å². The zero-order chi connectivity index (χ0) is 28.8. The van der Waals surface area contributed by atoms with E-state index < -0.39 is 45.0 Å². The first kappa shape index (κ1) is 31.1. The Hall–Kier alpha value is -3.09. The molecule has 208 valence electrons. The summed E-state index contributed by atoms with van der Waals surface area (Å²) in [4.78, 5) is 38.5. The lowest BCUT2D eigenvalue weighted by Crippen LogP contribution is -2.52. The molecule has 0 aliphatic rings. The summed E-state index contributed by atoms with van der Waals surface area (Å²) in [6.45, 7) is 4.39. The van der Waals surface area contributed by atoms with Crippen molar-refractivity contribution in [2.75, 3.05) is 24.2 Å². The van der Waals surface area contributed by atoms with Gasteiger partial charge in [-0.3, -0.25) is 24.0 Å². The number of anilines is 1. The number of nitro groups is 1. The van der Waals surface area contributed by atoms with Crippen LogP contribution in [0.2, 0.25) is 10.0 Å². The highest BCUT2D eigenvalue weighted by atomic mass is 35.5. The summed E-state index contributed by atoms with van der Waals surface area (Å²) in [6, 6.07) is 6.97. The van der Waals surface area contributed by atoms with E-state index in [2.05, 4.69) is 5.32 Å². The molecule has 0 saturated heterocycles. The summed E-state index contributed by atoms with van der Waals surface area (Å²) in [7, 11) is -2.86. The first-order valence-electron chi connectivity index (χ1n) is 11.5. The van der Waals surface area contributed by atoms with E-state index in [-0.39, 0.29) is 29.0 Å². The fraction of sp³-hybridized carbons (Fsp3) is 0.417. The van der Waals surface area contributed by atoms with E-state index in [1.54, 1.807) is 18.2 Å². The number of halogens is 2. The van der Waals surface area contributed by atoms with Crippen molar-refractivity contribution in [1.82, 2.24) is 10.2 Å². The van der Waals surface area contributed by atoms with Gasteiger partial charge in [-0.25, -0.2) is 8.42 Å². The molecule has 0 radical (unpaired) electrons. The standard InChI is InChI=1S/C24H30Cl2N4O7S/c1-6-15(2)27-24(32)16(3)28(13-17-7-9-19(25)20(26)11-17)23(31)14-29(38(5,35)36)21-12-18(30(33)34)8-10-22(21)37-4/h7-12,15-16H,6,13-14H2,1-5H3,(H,27,32)/t15-,16+/m1/s1. The molecule has 0 fully saturated rings. The molecule has 1 N–H and O–H groups in total. The molecule has 2 amide bonds. The maximum Gasteiger partial charge on any atom is 0.271 e. The lowest BCUT2D eigenvalue weighted by Gasteiger charge is -2.32. The van der Waals surface area contributed by atoms with Crippen LogP contribution < -0.4 is 14.4 Å². The van der Waals surface area contributed by atoms with Crippen LogP contribution >= 0.6 is 23.2 Å². The molecule has 0 unspecified atom stereocenters. The second kappa shape index (κ2) is 13.1. The Kier molecular flexibility index (Phi) is 10.7. The van der Waals surface area contributed by atoms with E-state index in [9.17, 15) is 28.1 Å². The number of carbonyl (C=O) groups excluding carboxylic acids is 2. The van der Waals surface area contributed by atoms with Gasteiger partial charge in [-0.1, -0.05) is 36.2 Å². The molecule has 0 saturated carbocycles. The molecular weight excluding hydrogens is 559 g/mol. The van der Waals surface area contributed by atoms with Crippen LogP contribution in [0.1, 0.15) is 32.8 Å². The highest BCUT2D eigenvalue weighted by Crippen LogP contribution is 2.34. The van der Waals surface area contributed by atoms with Crippen LogP contribution in [0.4, 0.5) is 11.4 Å². The molecule has 0 spiro atoms. The normalized spacial score (nSPS) is 12.8. The molecule has 2 aromatic rings. The summed E-state index contributed by atoms with van der Waals surface area (Å²) >= 11 is 12.1. The topological polar surface area (TPSA) is 139 Å². The number of nitrogens with one attached hydrogen (secondary N) is 1. The number of nitrogens with zero attached hydrogens (tertiary/aromatic N) is 3. The number of non-ortho nitro benzene ring substituents is 1. The third kappa shape index (κ3) is 7.95. The highest BCUT2D eigenvalue weighted by molar-refractivity contribution is 7.92. The third-order valence-electron chi connectivity index (χ3n) is 5.83. The average Bonchev–Trinajstić information content (AvgIpc) is 2.85. The molecule has 2 rings (SSSR count). The van der Waals surface area contributed by atoms with Crippen LogP contribution in [0.3, 0.4) is 0 Å². The predicted octanol–water partition coefficient (Wildman–Crippen LogP) is 4.01. The molecule has 0 aromatic heterocycles. The SMILES string of the molecule is CC[C@@H](C)NC(=O)[C@H](C)N(Cc1ccc(Cl)c(Cl)c1)C(=O)CN(c1cc([N+](=O)[O-])ccc1OC)S(C)(=O)=O. The zero-order valence-corrected chi connectivity index (χ0v) is 23.9. The Morgan fingerprint density at radius 3 is 2.32 bits per heavy atom. The number of hydrogen-bond donors (Lipinski definition) is 1. The molecule has 0 aliphatic heterocycles. The van der Waals surface area contributed by atoms with Crippen molar-refractivity contribution in [2.24, 2.45) is 0 Å². The van der Waals surface area contributed by atoms with Crippen molar-refractivity contribution in [2.45, 2.75) is 45.8 Å².